The lowest BCUT2D eigenvalue weighted by molar-refractivity contribution is 0.374. The number of phenols is 1. The van der Waals surface area contributed by atoms with Crippen LogP contribution in [0.4, 0.5) is 0 Å². The average molecular weight is 510 g/mol. The van der Waals surface area contributed by atoms with Crippen LogP contribution in [-0.2, 0) is 0 Å². The lowest BCUT2D eigenvalue weighted by Crippen LogP contribution is -2.34. The zero-order valence-corrected chi connectivity index (χ0v) is 20.4. The minimum Gasteiger partial charge on any atom is -0.504 e. The monoisotopic (exact) mass is 509 g/mol. The van der Waals surface area contributed by atoms with Crippen molar-refractivity contribution in [1.29, 1.82) is 0 Å². The van der Waals surface area contributed by atoms with Gasteiger partial charge in [-0.2, -0.15) is 0 Å². The third-order valence-electron chi connectivity index (χ3n) is 6.45. The number of para-hydroxylation sites is 1. The molecule has 0 aliphatic heterocycles. The molecule has 2 heterocycles. The standard InChI is InChI=1S/C29H20ClN3O4/c1-37-24-8-4-7-22(27(24)34)18-10-12-20(13-11-18)32-25(30)16-23-26(32)28(35)33(29(36)31-23)21-14-9-17-5-2-3-6-19(17)15-21/h2-16,34H,1H3,(H,31,36). The predicted octanol–water partition coefficient (Wildman–Crippen LogP) is 5.66. The number of aromatic nitrogens is 3. The van der Waals surface area contributed by atoms with E-state index < -0.39 is 11.2 Å². The second kappa shape index (κ2) is 8.72. The summed E-state index contributed by atoms with van der Waals surface area (Å²) < 4.78 is 7.92. The molecule has 2 aromatic heterocycles. The number of rotatable bonds is 4. The Morgan fingerprint density at radius 1 is 0.811 bits per heavy atom. The fourth-order valence-electron chi connectivity index (χ4n) is 4.67. The van der Waals surface area contributed by atoms with Crippen molar-refractivity contribution in [2.45, 2.75) is 0 Å². The maximum Gasteiger partial charge on any atom is 0.333 e. The molecular weight excluding hydrogens is 490 g/mol. The lowest BCUT2D eigenvalue weighted by Gasteiger charge is -2.12. The van der Waals surface area contributed by atoms with Crippen LogP contribution in [0.25, 0.3) is 44.3 Å². The van der Waals surface area contributed by atoms with E-state index >= 15 is 0 Å². The molecule has 6 rings (SSSR count). The minimum atomic E-state index is -0.551. The molecule has 0 aliphatic carbocycles. The molecule has 0 bridgehead atoms. The molecule has 8 heteroatoms. The van der Waals surface area contributed by atoms with Gasteiger partial charge in [0.15, 0.2) is 11.5 Å². The molecule has 0 aliphatic rings. The number of aromatic hydroxyl groups is 1. The van der Waals surface area contributed by atoms with Gasteiger partial charge in [-0.15, -0.1) is 0 Å². The first-order chi connectivity index (χ1) is 18.0. The highest BCUT2D eigenvalue weighted by molar-refractivity contribution is 6.31. The van der Waals surface area contributed by atoms with Crippen LogP contribution in [0.3, 0.4) is 0 Å². The summed E-state index contributed by atoms with van der Waals surface area (Å²) in [5.41, 5.74) is 1.99. The highest BCUT2D eigenvalue weighted by Crippen LogP contribution is 2.37. The highest BCUT2D eigenvalue weighted by atomic mass is 35.5. The van der Waals surface area contributed by atoms with Crippen molar-refractivity contribution in [2.75, 3.05) is 7.11 Å². The smallest absolute Gasteiger partial charge is 0.333 e. The number of nitrogens with zero attached hydrogens (tertiary/aromatic N) is 2. The summed E-state index contributed by atoms with van der Waals surface area (Å²) in [6.45, 7) is 0. The molecule has 2 N–H and O–H groups in total. The number of H-pyrrole nitrogens is 1. The molecule has 0 spiro atoms. The Kier molecular flexibility index (Phi) is 5.35. The Morgan fingerprint density at radius 2 is 1.54 bits per heavy atom. The second-order valence-electron chi connectivity index (χ2n) is 8.57. The summed E-state index contributed by atoms with van der Waals surface area (Å²) in [6.07, 6.45) is 0. The van der Waals surface area contributed by atoms with Crippen LogP contribution in [0.2, 0.25) is 5.15 Å². The van der Waals surface area contributed by atoms with Gasteiger partial charge in [-0.25, -0.2) is 9.36 Å². The summed E-state index contributed by atoms with van der Waals surface area (Å²) in [4.78, 5) is 29.5. The van der Waals surface area contributed by atoms with Crippen molar-refractivity contribution in [2.24, 2.45) is 0 Å². The van der Waals surface area contributed by atoms with Gasteiger partial charge in [-0.1, -0.05) is 66.2 Å². The normalized spacial score (nSPS) is 11.3. The van der Waals surface area contributed by atoms with Crippen LogP contribution < -0.4 is 16.0 Å². The molecule has 4 aromatic carbocycles. The summed E-state index contributed by atoms with van der Waals surface area (Å²) in [5, 5.41) is 12.7. The van der Waals surface area contributed by atoms with Gasteiger partial charge in [-0.3, -0.25) is 9.36 Å². The molecule has 182 valence electrons. The summed E-state index contributed by atoms with van der Waals surface area (Å²) in [6, 6.07) is 27.2. The predicted molar refractivity (Wildman–Crippen MR) is 146 cm³/mol. The number of halogens is 1. The first-order valence-electron chi connectivity index (χ1n) is 11.5. The summed E-state index contributed by atoms with van der Waals surface area (Å²) in [7, 11) is 1.50. The van der Waals surface area contributed by atoms with Gasteiger partial charge in [0.1, 0.15) is 10.7 Å². The molecule has 0 amide bonds. The van der Waals surface area contributed by atoms with Gasteiger partial charge in [0.25, 0.3) is 5.56 Å². The van der Waals surface area contributed by atoms with E-state index in [2.05, 4.69) is 4.98 Å². The van der Waals surface area contributed by atoms with Crippen LogP contribution >= 0.6 is 11.6 Å². The van der Waals surface area contributed by atoms with E-state index in [1.54, 1.807) is 47.0 Å². The molecule has 0 atom stereocenters. The molecule has 6 aromatic rings. The van der Waals surface area contributed by atoms with E-state index in [4.69, 9.17) is 16.3 Å². The first-order valence-corrected chi connectivity index (χ1v) is 11.9. The van der Waals surface area contributed by atoms with Crippen LogP contribution in [0.1, 0.15) is 0 Å². The number of benzene rings is 4. The average Bonchev–Trinajstić information content (AvgIpc) is 3.24. The molecule has 7 nitrogen and oxygen atoms in total. The number of hydrogen-bond acceptors (Lipinski definition) is 4. The van der Waals surface area contributed by atoms with E-state index in [1.807, 2.05) is 48.5 Å². The van der Waals surface area contributed by atoms with Crippen LogP contribution in [0.5, 0.6) is 11.5 Å². The van der Waals surface area contributed by atoms with Crippen LogP contribution in [0.15, 0.2) is 101 Å². The molecule has 0 saturated carbocycles. The Morgan fingerprint density at radius 3 is 2.30 bits per heavy atom. The highest BCUT2D eigenvalue weighted by Gasteiger charge is 2.18. The number of hydrogen-bond donors (Lipinski definition) is 2. The molecular formula is C29H20ClN3O4. The maximum absolute atomic E-state index is 13.7. The lowest BCUT2D eigenvalue weighted by atomic mass is 10.0. The van der Waals surface area contributed by atoms with E-state index in [0.717, 1.165) is 20.9 Å². The van der Waals surface area contributed by atoms with Gasteiger partial charge in [0.2, 0.25) is 0 Å². The third-order valence-corrected chi connectivity index (χ3v) is 6.73. The number of aromatic amines is 1. The quantitative estimate of drug-likeness (QED) is 0.321. The zero-order chi connectivity index (χ0) is 25.7. The van der Waals surface area contributed by atoms with Gasteiger partial charge >= 0.3 is 5.69 Å². The number of nitrogens with one attached hydrogen (secondary N) is 1. The Hall–Kier alpha value is -4.75. The van der Waals surface area contributed by atoms with Crippen molar-refractivity contribution in [3.05, 3.63) is 117 Å². The number of phenolic OH excluding ortho intramolecular Hbond substituents is 1. The fourth-order valence-corrected chi connectivity index (χ4v) is 4.96. The Bertz CT molecular complexity index is 1930. The zero-order valence-electron chi connectivity index (χ0n) is 19.6. The number of methoxy groups -OCH3 is 1. The van der Waals surface area contributed by atoms with E-state index in [-0.39, 0.29) is 16.4 Å². The molecule has 0 fully saturated rings. The topological polar surface area (TPSA) is 89.2 Å². The maximum atomic E-state index is 13.7. The minimum absolute atomic E-state index is 0.0399. The van der Waals surface area contributed by atoms with Crippen molar-refractivity contribution in [1.82, 2.24) is 14.1 Å². The summed E-state index contributed by atoms with van der Waals surface area (Å²) in [5.74, 6) is 0.414. The number of fused-ring (bicyclic) bond motifs is 2. The number of ether oxygens (including phenoxy) is 1. The summed E-state index contributed by atoms with van der Waals surface area (Å²) >= 11 is 6.56. The van der Waals surface area contributed by atoms with Crippen molar-refractivity contribution in [3.63, 3.8) is 0 Å². The Balaban J connectivity index is 1.51. The van der Waals surface area contributed by atoms with E-state index in [1.165, 1.54) is 7.11 Å². The fraction of sp³-hybridized carbons (Fsp3) is 0.0345. The SMILES string of the molecule is COc1cccc(-c2ccc(-n3c(Cl)cc4[nH]c(=O)n(-c5ccc6ccccc6c5)c(=O)c43)cc2)c1O. The van der Waals surface area contributed by atoms with Crippen LogP contribution in [-0.4, -0.2) is 26.3 Å². The van der Waals surface area contributed by atoms with Crippen molar-refractivity contribution in [3.8, 4) is 34.0 Å². The Labute approximate surface area is 215 Å². The van der Waals surface area contributed by atoms with Gasteiger partial charge in [-0.05, 0) is 52.7 Å². The van der Waals surface area contributed by atoms with Crippen molar-refractivity contribution < 1.29 is 9.84 Å². The van der Waals surface area contributed by atoms with E-state index in [0.29, 0.717) is 28.2 Å². The molecule has 37 heavy (non-hydrogen) atoms. The van der Waals surface area contributed by atoms with Crippen LogP contribution in [0, 0.1) is 0 Å². The first kappa shape index (κ1) is 22.7. The molecule has 0 saturated heterocycles. The van der Waals surface area contributed by atoms with Gasteiger partial charge < -0.3 is 14.8 Å². The molecule has 0 unspecified atom stereocenters. The van der Waals surface area contributed by atoms with Gasteiger partial charge in [0.05, 0.1) is 18.3 Å². The van der Waals surface area contributed by atoms with Crippen molar-refractivity contribution >= 4 is 33.4 Å². The largest absolute Gasteiger partial charge is 0.504 e. The second-order valence-corrected chi connectivity index (χ2v) is 8.96. The molecule has 0 radical (unpaired) electrons. The van der Waals surface area contributed by atoms with E-state index in [9.17, 15) is 14.7 Å². The van der Waals surface area contributed by atoms with Gasteiger partial charge in [0, 0.05) is 11.3 Å². The third kappa shape index (κ3) is 3.68.